The Kier molecular flexibility index (Phi) is 5.73. The molecule has 1 aliphatic rings. The maximum atomic E-state index is 12.1. The average Bonchev–Trinajstić information content (AvgIpc) is 2.29. The molecule has 0 aliphatic carbocycles. The summed E-state index contributed by atoms with van der Waals surface area (Å²) < 4.78 is 4.92. The predicted molar refractivity (Wildman–Crippen MR) is 63.1 cm³/mol. The van der Waals surface area contributed by atoms with Crippen LogP contribution in [0.15, 0.2) is 0 Å². The van der Waals surface area contributed by atoms with E-state index in [0.717, 1.165) is 32.5 Å². The molecule has 5 heteroatoms. The summed E-state index contributed by atoms with van der Waals surface area (Å²) in [4.78, 5) is 14.0. The summed E-state index contributed by atoms with van der Waals surface area (Å²) in [7, 11) is 1.56. The molecule has 0 aromatic heterocycles. The summed E-state index contributed by atoms with van der Waals surface area (Å²) in [5.41, 5.74) is 5.78. The van der Waals surface area contributed by atoms with Gasteiger partial charge in [-0.05, 0) is 6.42 Å². The number of carbonyl (C=O) groups is 1. The third-order valence-electron chi connectivity index (χ3n) is 2.92. The van der Waals surface area contributed by atoms with Crippen LogP contribution in [-0.4, -0.2) is 56.2 Å². The van der Waals surface area contributed by atoms with Gasteiger partial charge in [-0.25, -0.2) is 0 Å². The fraction of sp³-hybridized carbons (Fsp3) is 0.909. The molecule has 0 bridgehead atoms. The molecule has 0 saturated carbocycles. The number of ether oxygens (including phenoxy) is 1. The first-order chi connectivity index (χ1) is 7.70. The number of hydrogen-bond donors (Lipinski definition) is 2. The lowest BCUT2D eigenvalue weighted by atomic mass is 10.1. The first-order valence-corrected chi connectivity index (χ1v) is 5.96. The van der Waals surface area contributed by atoms with E-state index in [-0.39, 0.29) is 11.9 Å². The minimum atomic E-state index is -0.526. The Morgan fingerprint density at radius 1 is 1.69 bits per heavy atom. The molecular formula is C11H23N3O2. The summed E-state index contributed by atoms with van der Waals surface area (Å²) in [6.45, 7) is 4.90. The minimum Gasteiger partial charge on any atom is -0.383 e. The number of nitrogens with zero attached hydrogens (tertiary/aromatic N) is 1. The van der Waals surface area contributed by atoms with Gasteiger partial charge in [-0.1, -0.05) is 13.3 Å². The van der Waals surface area contributed by atoms with E-state index in [2.05, 4.69) is 12.2 Å². The highest BCUT2D eigenvalue weighted by atomic mass is 16.5. The SMILES string of the molecule is CCCC1CNCCN1C(=O)C(N)COC. The molecule has 2 unspecified atom stereocenters. The Labute approximate surface area is 97.3 Å². The van der Waals surface area contributed by atoms with Crippen molar-refractivity contribution in [1.29, 1.82) is 0 Å². The zero-order chi connectivity index (χ0) is 12.0. The van der Waals surface area contributed by atoms with Crippen LogP contribution in [0.25, 0.3) is 0 Å². The normalized spacial score (nSPS) is 23.2. The zero-order valence-electron chi connectivity index (χ0n) is 10.2. The van der Waals surface area contributed by atoms with Crippen molar-refractivity contribution in [3.63, 3.8) is 0 Å². The van der Waals surface area contributed by atoms with E-state index < -0.39 is 6.04 Å². The van der Waals surface area contributed by atoms with Crippen LogP contribution >= 0.6 is 0 Å². The van der Waals surface area contributed by atoms with Crippen molar-refractivity contribution in [3.8, 4) is 0 Å². The highest BCUT2D eigenvalue weighted by Crippen LogP contribution is 2.10. The molecule has 0 aromatic rings. The Balaban J connectivity index is 2.56. The van der Waals surface area contributed by atoms with Gasteiger partial charge in [-0.3, -0.25) is 4.79 Å². The summed E-state index contributed by atoms with van der Waals surface area (Å²) >= 11 is 0. The van der Waals surface area contributed by atoms with Crippen LogP contribution in [-0.2, 0) is 9.53 Å². The van der Waals surface area contributed by atoms with Gasteiger partial charge in [-0.2, -0.15) is 0 Å². The highest BCUT2D eigenvalue weighted by molar-refractivity contribution is 5.82. The monoisotopic (exact) mass is 229 g/mol. The van der Waals surface area contributed by atoms with Crippen LogP contribution in [0.1, 0.15) is 19.8 Å². The molecule has 1 fully saturated rings. The van der Waals surface area contributed by atoms with Gasteiger partial charge >= 0.3 is 0 Å². The second-order valence-corrected chi connectivity index (χ2v) is 4.24. The van der Waals surface area contributed by atoms with Crippen molar-refractivity contribution < 1.29 is 9.53 Å². The van der Waals surface area contributed by atoms with E-state index in [1.807, 2.05) is 4.90 Å². The largest absolute Gasteiger partial charge is 0.383 e. The van der Waals surface area contributed by atoms with Gasteiger partial charge in [0.15, 0.2) is 0 Å². The van der Waals surface area contributed by atoms with E-state index in [0.29, 0.717) is 6.61 Å². The summed E-state index contributed by atoms with van der Waals surface area (Å²) in [6, 6.07) is -0.239. The van der Waals surface area contributed by atoms with Gasteiger partial charge in [0.25, 0.3) is 0 Å². The van der Waals surface area contributed by atoms with Crippen LogP contribution in [0.5, 0.6) is 0 Å². The smallest absolute Gasteiger partial charge is 0.242 e. The molecule has 2 atom stereocenters. The summed E-state index contributed by atoms with van der Waals surface area (Å²) in [6.07, 6.45) is 2.11. The second-order valence-electron chi connectivity index (χ2n) is 4.24. The molecule has 94 valence electrons. The maximum absolute atomic E-state index is 12.1. The molecule has 1 rings (SSSR count). The molecule has 1 amide bonds. The molecular weight excluding hydrogens is 206 g/mol. The number of amides is 1. The number of hydrogen-bond acceptors (Lipinski definition) is 4. The van der Waals surface area contributed by atoms with Crippen molar-refractivity contribution in [2.24, 2.45) is 5.73 Å². The third-order valence-corrected chi connectivity index (χ3v) is 2.92. The molecule has 16 heavy (non-hydrogen) atoms. The average molecular weight is 229 g/mol. The van der Waals surface area contributed by atoms with Crippen molar-refractivity contribution in [2.45, 2.75) is 31.8 Å². The highest BCUT2D eigenvalue weighted by Gasteiger charge is 2.28. The van der Waals surface area contributed by atoms with Gasteiger partial charge < -0.3 is 20.7 Å². The molecule has 3 N–H and O–H groups in total. The molecule has 0 spiro atoms. The fourth-order valence-electron chi connectivity index (χ4n) is 2.11. The Morgan fingerprint density at radius 3 is 3.06 bits per heavy atom. The fourth-order valence-corrected chi connectivity index (χ4v) is 2.11. The minimum absolute atomic E-state index is 0.0156. The zero-order valence-corrected chi connectivity index (χ0v) is 10.2. The van der Waals surface area contributed by atoms with Gasteiger partial charge in [-0.15, -0.1) is 0 Å². The molecule has 1 aliphatic heterocycles. The lowest BCUT2D eigenvalue weighted by molar-refractivity contribution is -0.137. The van der Waals surface area contributed by atoms with Crippen LogP contribution in [0.2, 0.25) is 0 Å². The standard InChI is InChI=1S/C11H23N3O2/c1-3-4-9-7-13-5-6-14(9)11(15)10(12)8-16-2/h9-10,13H,3-8,12H2,1-2H3. The molecule has 5 nitrogen and oxygen atoms in total. The Morgan fingerprint density at radius 2 is 2.44 bits per heavy atom. The molecule has 1 heterocycles. The van der Waals surface area contributed by atoms with Gasteiger partial charge in [0.1, 0.15) is 6.04 Å². The third kappa shape index (κ3) is 3.43. The molecule has 1 saturated heterocycles. The first-order valence-electron chi connectivity index (χ1n) is 5.96. The Bertz CT molecular complexity index is 221. The lowest BCUT2D eigenvalue weighted by Gasteiger charge is -2.37. The van der Waals surface area contributed by atoms with E-state index >= 15 is 0 Å². The maximum Gasteiger partial charge on any atom is 0.242 e. The Hall–Kier alpha value is -0.650. The summed E-state index contributed by atoms with van der Waals surface area (Å²) in [5, 5.41) is 3.31. The van der Waals surface area contributed by atoms with Crippen molar-refractivity contribution >= 4 is 5.91 Å². The van der Waals surface area contributed by atoms with Crippen molar-refractivity contribution in [2.75, 3.05) is 33.4 Å². The van der Waals surface area contributed by atoms with Gasteiger partial charge in [0, 0.05) is 32.8 Å². The number of rotatable bonds is 5. The van der Waals surface area contributed by atoms with Crippen LogP contribution in [0, 0.1) is 0 Å². The molecule has 0 radical (unpaired) electrons. The van der Waals surface area contributed by atoms with Gasteiger partial charge in [0.2, 0.25) is 5.91 Å². The number of methoxy groups -OCH3 is 1. The van der Waals surface area contributed by atoms with E-state index in [1.54, 1.807) is 7.11 Å². The summed E-state index contributed by atoms with van der Waals surface area (Å²) in [5.74, 6) is 0.0156. The number of nitrogens with one attached hydrogen (secondary N) is 1. The molecule has 0 aromatic carbocycles. The van der Waals surface area contributed by atoms with Crippen LogP contribution in [0.3, 0.4) is 0 Å². The first kappa shape index (κ1) is 13.4. The van der Waals surface area contributed by atoms with Gasteiger partial charge in [0.05, 0.1) is 6.61 Å². The van der Waals surface area contributed by atoms with Crippen molar-refractivity contribution in [1.82, 2.24) is 10.2 Å². The number of nitrogens with two attached hydrogens (primary N) is 1. The lowest BCUT2D eigenvalue weighted by Crippen LogP contribution is -2.58. The number of carbonyl (C=O) groups excluding carboxylic acids is 1. The van der Waals surface area contributed by atoms with E-state index in [4.69, 9.17) is 10.5 Å². The van der Waals surface area contributed by atoms with Crippen molar-refractivity contribution in [3.05, 3.63) is 0 Å². The second kappa shape index (κ2) is 6.83. The van der Waals surface area contributed by atoms with E-state index in [1.165, 1.54) is 0 Å². The van der Waals surface area contributed by atoms with E-state index in [9.17, 15) is 4.79 Å². The van der Waals surface area contributed by atoms with Crippen LogP contribution < -0.4 is 11.1 Å². The predicted octanol–water partition coefficient (Wildman–Crippen LogP) is -0.439. The van der Waals surface area contributed by atoms with Crippen LogP contribution in [0.4, 0.5) is 0 Å². The topological polar surface area (TPSA) is 67.6 Å². The number of piperazine rings is 1. The quantitative estimate of drug-likeness (QED) is 0.671.